The molecule has 1 heterocycles. The standard InChI is InChI=1S/C19H22N2O2/c1-15(2)14-23-18-5-3-4-17(12-18)13-21-19(22)7-6-16-8-10-20-11-9-16/h3-12,15H,13-14H2,1-2H3,(H,21,22). The van der Waals surface area contributed by atoms with Gasteiger partial charge < -0.3 is 10.1 Å². The van der Waals surface area contributed by atoms with Gasteiger partial charge in [0.25, 0.3) is 0 Å². The molecule has 0 fully saturated rings. The molecule has 0 radical (unpaired) electrons. The highest BCUT2D eigenvalue weighted by molar-refractivity contribution is 5.91. The summed E-state index contributed by atoms with van der Waals surface area (Å²) < 4.78 is 5.69. The molecule has 0 bridgehead atoms. The molecule has 0 atom stereocenters. The molecular formula is C19H22N2O2. The lowest BCUT2D eigenvalue weighted by atomic mass is 10.2. The Morgan fingerprint density at radius 3 is 2.78 bits per heavy atom. The number of amides is 1. The quantitative estimate of drug-likeness (QED) is 0.797. The Morgan fingerprint density at radius 1 is 1.26 bits per heavy atom. The monoisotopic (exact) mass is 310 g/mol. The summed E-state index contributed by atoms with van der Waals surface area (Å²) >= 11 is 0. The molecule has 0 aliphatic rings. The number of pyridine rings is 1. The number of aromatic nitrogens is 1. The lowest BCUT2D eigenvalue weighted by Gasteiger charge is -2.10. The van der Waals surface area contributed by atoms with Gasteiger partial charge in [0.1, 0.15) is 5.75 Å². The Morgan fingerprint density at radius 2 is 2.04 bits per heavy atom. The van der Waals surface area contributed by atoms with Gasteiger partial charge in [0, 0.05) is 25.0 Å². The predicted octanol–water partition coefficient (Wildman–Crippen LogP) is 3.45. The molecule has 1 aromatic heterocycles. The highest BCUT2D eigenvalue weighted by Gasteiger charge is 2.01. The van der Waals surface area contributed by atoms with Crippen molar-refractivity contribution in [1.82, 2.24) is 10.3 Å². The van der Waals surface area contributed by atoms with Gasteiger partial charge in [0.2, 0.25) is 5.91 Å². The van der Waals surface area contributed by atoms with Crippen molar-refractivity contribution < 1.29 is 9.53 Å². The van der Waals surface area contributed by atoms with Crippen LogP contribution in [0.2, 0.25) is 0 Å². The minimum Gasteiger partial charge on any atom is -0.493 e. The van der Waals surface area contributed by atoms with E-state index < -0.39 is 0 Å². The lowest BCUT2D eigenvalue weighted by Crippen LogP contribution is -2.20. The van der Waals surface area contributed by atoms with E-state index in [0.29, 0.717) is 19.1 Å². The van der Waals surface area contributed by atoms with Crippen LogP contribution in [0, 0.1) is 5.92 Å². The first-order chi connectivity index (χ1) is 11.1. The average Bonchev–Trinajstić information content (AvgIpc) is 2.57. The molecule has 4 heteroatoms. The Bertz CT molecular complexity index is 651. The zero-order valence-corrected chi connectivity index (χ0v) is 13.5. The molecule has 0 spiro atoms. The molecule has 1 amide bonds. The smallest absolute Gasteiger partial charge is 0.244 e. The second kappa shape index (κ2) is 8.73. The third kappa shape index (κ3) is 6.34. The van der Waals surface area contributed by atoms with E-state index in [4.69, 9.17) is 4.74 Å². The molecule has 1 N–H and O–H groups in total. The zero-order chi connectivity index (χ0) is 16.5. The number of nitrogens with one attached hydrogen (secondary N) is 1. The van der Waals surface area contributed by atoms with E-state index >= 15 is 0 Å². The van der Waals surface area contributed by atoms with Crippen molar-refractivity contribution >= 4 is 12.0 Å². The van der Waals surface area contributed by atoms with Crippen molar-refractivity contribution in [2.45, 2.75) is 20.4 Å². The Kier molecular flexibility index (Phi) is 6.36. The molecule has 1 aromatic carbocycles. The third-order valence-corrected chi connectivity index (χ3v) is 3.08. The van der Waals surface area contributed by atoms with Crippen LogP contribution in [0.1, 0.15) is 25.0 Å². The van der Waals surface area contributed by atoms with Crippen LogP contribution in [-0.4, -0.2) is 17.5 Å². The van der Waals surface area contributed by atoms with Crippen molar-refractivity contribution in [3.8, 4) is 5.75 Å². The molecule has 0 saturated carbocycles. The maximum absolute atomic E-state index is 11.8. The number of hydrogen-bond acceptors (Lipinski definition) is 3. The minimum absolute atomic E-state index is 0.129. The van der Waals surface area contributed by atoms with Crippen LogP contribution in [0.25, 0.3) is 6.08 Å². The molecule has 23 heavy (non-hydrogen) atoms. The van der Waals surface area contributed by atoms with Crippen molar-refractivity contribution in [3.05, 3.63) is 66.0 Å². The summed E-state index contributed by atoms with van der Waals surface area (Å²) in [6.45, 7) is 5.38. The van der Waals surface area contributed by atoms with Gasteiger partial charge in [-0.25, -0.2) is 0 Å². The van der Waals surface area contributed by atoms with Crippen molar-refractivity contribution in [2.24, 2.45) is 5.92 Å². The van der Waals surface area contributed by atoms with Gasteiger partial charge >= 0.3 is 0 Å². The Balaban J connectivity index is 1.84. The molecule has 2 aromatic rings. The molecule has 0 aliphatic carbocycles. The van der Waals surface area contributed by atoms with Gasteiger partial charge in [0.15, 0.2) is 0 Å². The first-order valence-corrected chi connectivity index (χ1v) is 7.71. The SMILES string of the molecule is CC(C)COc1cccc(CNC(=O)C=Cc2ccncc2)c1. The van der Waals surface area contributed by atoms with Gasteiger partial charge in [-0.1, -0.05) is 26.0 Å². The van der Waals surface area contributed by atoms with Gasteiger partial charge in [-0.2, -0.15) is 0 Å². The van der Waals surface area contributed by atoms with E-state index in [1.807, 2.05) is 36.4 Å². The fourth-order valence-corrected chi connectivity index (χ4v) is 1.90. The van der Waals surface area contributed by atoms with E-state index in [1.165, 1.54) is 6.08 Å². The minimum atomic E-state index is -0.129. The Labute approximate surface area is 137 Å². The van der Waals surface area contributed by atoms with E-state index in [2.05, 4.69) is 24.1 Å². The number of nitrogens with zero attached hydrogens (tertiary/aromatic N) is 1. The van der Waals surface area contributed by atoms with E-state index in [-0.39, 0.29) is 5.91 Å². The topological polar surface area (TPSA) is 51.2 Å². The van der Waals surface area contributed by atoms with Crippen LogP contribution >= 0.6 is 0 Å². The second-order valence-corrected chi connectivity index (χ2v) is 5.68. The molecular weight excluding hydrogens is 288 g/mol. The van der Waals surface area contributed by atoms with Gasteiger partial charge in [-0.05, 0) is 47.4 Å². The average molecular weight is 310 g/mol. The molecule has 0 saturated heterocycles. The number of hydrogen-bond donors (Lipinski definition) is 1. The second-order valence-electron chi connectivity index (χ2n) is 5.68. The molecule has 0 unspecified atom stereocenters. The summed E-state index contributed by atoms with van der Waals surface area (Å²) in [5.41, 5.74) is 1.95. The highest BCUT2D eigenvalue weighted by atomic mass is 16.5. The predicted molar refractivity (Wildman–Crippen MR) is 91.9 cm³/mol. The summed E-state index contributed by atoms with van der Waals surface area (Å²) in [4.78, 5) is 15.8. The summed E-state index contributed by atoms with van der Waals surface area (Å²) in [7, 11) is 0. The summed E-state index contributed by atoms with van der Waals surface area (Å²) in [5, 5.41) is 2.86. The lowest BCUT2D eigenvalue weighted by molar-refractivity contribution is -0.116. The van der Waals surface area contributed by atoms with Crippen LogP contribution in [-0.2, 0) is 11.3 Å². The molecule has 2 rings (SSSR count). The van der Waals surface area contributed by atoms with E-state index in [1.54, 1.807) is 18.5 Å². The van der Waals surface area contributed by atoms with E-state index in [9.17, 15) is 4.79 Å². The first-order valence-electron chi connectivity index (χ1n) is 7.71. The van der Waals surface area contributed by atoms with Crippen LogP contribution in [0.15, 0.2) is 54.9 Å². The van der Waals surface area contributed by atoms with Crippen molar-refractivity contribution in [1.29, 1.82) is 0 Å². The summed E-state index contributed by atoms with van der Waals surface area (Å²) in [6, 6.07) is 11.5. The van der Waals surface area contributed by atoms with Crippen LogP contribution in [0.3, 0.4) is 0 Å². The van der Waals surface area contributed by atoms with Gasteiger partial charge in [-0.3, -0.25) is 9.78 Å². The van der Waals surface area contributed by atoms with Crippen molar-refractivity contribution in [3.63, 3.8) is 0 Å². The summed E-state index contributed by atoms with van der Waals surface area (Å²) in [6.07, 6.45) is 6.67. The van der Waals surface area contributed by atoms with Gasteiger partial charge in [-0.15, -0.1) is 0 Å². The van der Waals surface area contributed by atoms with E-state index in [0.717, 1.165) is 16.9 Å². The highest BCUT2D eigenvalue weighted by Crippen LogP contribution is 2.14. The van der Waals surface area contributed by atoms with Gasteiger partial charge in [0.05, 0.1) is 6.61 Å². The number of benzene rings is 1. The number of carbonyl (C=O) groups excluding carboxylic acids is 1. The largest absolute Gasteiger partial charge is 0.493 e. The fourth-order valence-electron chi connectivity index (χ4n) is 1.90. The number of rotatable bonds is 7. The maximum atomic E-state index is 11.8. The maximum Gasteiger partial charge on any atom is 0.244 e. The third-order valence-electron chi connectivity index (χ3n) is 3.08. The van der Waals surface area contributed by atoms with Crippen LogP contribution < -0.4 is 10.1 Å². The van der Waals surface area contributed by atoms with Crippen molar-refractivity contribution in [2.75, 3.05) is 6.61 Å². The number of carbonyl (C=O) groups is 1. The molecule has 4 nitrogen and oxygen atoms in total. The number of ether oxygens (including phenoxy) is 1. The molecule has 120 valence electrons. The first kappa shape index (κ1) is 16.7. The van der Waals surface area contributed by atoms with Crippen LogP contribution in [0.4, 0.5) is 0 Å². The summed E-state index contributed by atoms with van der Waals surface area (Å²) in [5.74, 6) is 1.18. The molecule has 0 aliphatic heterocycles. The fraction of sp³-hybridized carbons (Fsp3) is 0.263. The zero-order valence-electron chi connectivity index (χ0n) is 13.5. The normalized spacial score (nSPS) is 10.9. The van der Waals surface area contributed by atoms with Crippen LogP contribution in [0.5, 0.6) is 5.75 Å². The Hall–Kier alpha value is -2.62.